The fourth-order valence-electron chi connectivity index (χ4n) is 1.97. The first kappa shape index (κ1) is 11.9. The summed E-state index contributed by atoms with van der Waals surface area (Å²) in [5.41, 5.74) is -0.454. The minimum absolute atomic E-state index is 0.0553. The predicted molar refractivity (Wildman–Crippen MR) is 64.5 cm³/mol. The van der Waals surface area contributed by atoms with Crippen molar-refractivity contribution in [3.8, 4) is 11.1 Å². The molecule has 0 atom stereocenters. The fraction of sp³-hybridized carbons (Fsp3) is 0.143. The summed E-state index contributed by atoms with van der Waals surface area (Å²) in [6.07, 6.45) is -4.47. The summed E-state index contributed by atoms with van der Waals surface area (Å²) >= 11 is 0. The molecule has 0 radical (unpaired) electrons. The highest BCUT2D eigenvalue weighted by atomic mass is 19.4. The van der Waals surface area contributed by atoms with Gasteiger partial charge in [-0.2, -0.15) is 13.2 Å². The van der Waals surface area contributed by atoms with Crippen LogP contribution in [0.1, 0.15) is 5.56 Å². The van der Waals surface area contributed by atoms with Crippen molar-refractivity contribution in [2.24, 2.45) is 10.2 Å². The van der Waals surface area contributed by atoms with E-state index in [9.17, 15) is 13.2 Å². The van der Waals surface area contributed by atoms with Crippen LogP contribution in [0.25, 0.3) is 11.1 Å². The molecule has 2 aromatic rings. The van der Waals surface area contributed by atoms with E-state index in [0.29, 0.717) is 0 Å². The van der Waals surface area contributed by atoms with Crippen molar-refractivity contribution >= 4 is 0 Å². The molecule has 0 saturated carbocycles. The Morgan fingerprint density at radius 3 is 1.74 bits per heavy atom. The maximum absolute atomic E-state index is 12.8. The first-order chi connectivity index (χ1) is 9.03. The van der Waals surface area contributed by atoms with Crippen LogP contribution in [0.2, 0.25) is 0 Å². The van der Waals surface area contributed by atoms with E-state index in [2.05, 4.69) is 10.2 Å². The fourth-order valence-corrected chi connectivity index (χ4v) is 1.97. The van der Waals surface area contributed by atoms with E-state index in [1.807, 2.05) is 30.3 Å². The third kappa shape index (κ3) is 1.91. The van der Waals surface area contributed by atoms with Gasteiger partial charge in [-0.25, -0.2) is 0 Å². The van der Waals surface area contributed by atoms with Crippen LogP contribution in [0.5, 0.6) is 0 Å². The molecule has 0 spiro atoms. The molecular formula is C14H9F3N2. The largest absolute Gasteiger partial charge is 0.442 e. The van der Waals surface area contributed by atoms with Crippen LogP contribution in [0.15, 0.2) is 64.8 Å². The summed E-state index contributed by atoms with van der Waals surface area (Å²) in [5.74, 6) is 0. The number of rotatable bonds is 2. The molecule has 0 fully saturated rings. The smallest absolute Gasteiger partial charge is 0.166 e. The molecule has 96 valence electrons. The van der Waals surface area contributed by atoms with Gasteiger partial charge in [0.1, 0.15) is 0 Å². The molecule has 1 aliphatic rings. The number of alkyl halides is 3. The van der Waals surface area contributed by atoms with E-state index in [-0.39, 0.29) is 5.56 Å². The van der Waals surface area contributed by atoms with Gasteiger partial charge < -0.3 is 0 Å². The highest BCUT2D eigenvalue weighted by molar-refractivity contribution is 5.63. The van der Waals surface area contributed by atoms with Crippen LogP contribution >= 0.6 is 0 Å². The minimum atomic E-state index is -4.47. The van der Waals surface area contributed by atoms with Crippen molar-refractivity contribution in [3.05, 3.63) is 60.2 Å². The second kappa shape index (κ2) is 3.91. The monoisotopic (exact) mass is 262 g/mol. The van der Waals surface area contributed by atoms with Crippen molar-refractivity contribution in [1.29, 1.82) is 0 Å². The first-order valence-corrected chi connectivity index (χ1v) is 5.70. The molecular weight excluding hydrogens is 253 g/mol. The number of hydrogen-bond acceptors (Lipinski definition) is 2. The van der Waals surface area contributed by atoms with Gasteiger partial charge in [-0.3, -0.25) is 0 Å². The lowest BCUT2D eigenvalue weighted by molar-refractivity contribution is -0.166. The van der Waals surface area contributed by atoms with Gasteiger partial charge in [-0.1, -0.05) is 54.6 Å². The zero-order chi connectivity index (χ0) is 13.5. The lowest BCUT2D eigenvalue weighted by Gasteiger charge is -2.15. The van der Waals surface area contributed by atoms with Crippen molar-refractivity contribution in [3.63, 3.8) is 0 Å². The zero-order valence-electron chi connectivity index (χ0n) is 9.72. The number of nitrogens with zero attached hydrogens (tertiary/aromatic N) is 2. The third-order valence-electron chi connectivity index (χ3n) is 3.09. The summed E-state index contributed by atoms with van der Waals surface area (Å²) in [4.78, 5) is 0. The van der Waals surface area contributed by atoms with E-state index in [4.69, 9.17) is 0 Å². The number of hydrogen-bond donors (Lipinski definition) is 0. The molecule has 0 aromatic heterocycles. The van der Waals surface area contributed by atoms with Crippen LogP contribution in [0.3, 0.4) is 0 Å². The van der Waals surface area contributed by atoms with Crippen LogP contribution in [-0.2, 0) is 5.66 Å². The molecule has 2 aromatic carbocycles. The molecule has 1 heterocycles. The topological polar surface area (TPSA) is 24.7 Å². The first-order valence-electron chi connectivity index (χ1n) is 5.70. The quantitative estimate of drug-likeness (QED) is 0.759. The Bertz CT molecular complexity index is 609. The molecule has 0 amide bonds. The lowest BCUT2D eigenvalue weighted by atomic mass is 9.98. The molecule has 5 heteroatoms. The Kier molecular flexibility index (Phi) is 2.45. The summed E-state index contributed by atoms with van der Waals surface area (Å²) in [6.45, 7) is 0. The van der Waals surface area contributed by atoms with Crippen LogP contribution < -0.4 is 0 Å². The van der Waals surface area contributed by atoms with E-state index in [0.717, 1.165) is 11.1 Å². The van der Waals surface area contributed by atoms with E-state index >= 15 is 0 Å². The van der Waals surface area contributed by atoms with E-state index in [1.165, 1.54) is 12.1 Å². The van der Waals surface area contributed by atoms with E-state index in [1.54, 1.807) is 12.1 Å². The standard InChI is InChI=1S/C14H9F3N2/c15-14(16,17)13(18-19-13)12-8-6-11(7-9-12)10-4-2-1-3-5-10/h1-9H. The summed E-state index contributed by atoms with van der Waals surface area (Å²) in [5, 5.41) is 6.36. The van der Waals surface area contributed by atoms with Gasteiger partial charge in [0.15, 0.2) is 0 Å². The molecule has 0 unspecified atom stereocenters. The highest BCUT2D eigenvalue weighted by Gasteiger charge is 2.65. The Balaban J connectivity index is 1.93. The SMILES string of the molecule is FC(F)(F)C1(c2ccc(-c3ccccc3)cc2)N=N1. The van der Waals surface area contributed by atoms with Crippen LogP contribution in [0.4, 0.5) is 13.2 Å². The van der Waals surface area contributed by atoms with Crippen molar-refractivity contribution in [1.82, 2.24) is 0 Å². The second-order valence-electron chi connectivity index (χ2n) is 4.31. The molecule has 3 rings (SSSR count). The van der Waals surface area contributed by atoms with Gasteiger partial charge in [0, 0.05) is 5.56 Å². The summed E-state index contributed by atoms with van der Waals surface area (Å²) in [6, 6.07) is 15.6. The highest BCUT2D eigenvalue weighted by Crippen LogP contribution is 2.52. The maximum atomic E-state index is 12.8. The summed E-state index contributed by atoms with van der Waals surface area (Å²) < 4.78 is 38.5. The van der Waals surface area contributed by atoms with E-state index < -0.39 is 11.8 Å². The van der Waals surface area contributed by atoms with Crippen molar-refractivity contribution in [2.75, 3.05) is 0 Å². The second-order valence-corrected chi connectivity index (χ2v) is 4.31. The van der Waals surface area contributed by atoms with Gasteiger partial charge in [-0.15, -0.1) is 10.2 Å². The molecule has 0 bridgehead atoms. The lowest BCUT2D eigenvalue weighted by Crippen LogP contribution is -2.29. The number of halogens is 3. The Morgan fingerprint density at radius 1 is 0.737 bits per heavy atom. The van der Waals surface area contributed by atoms with Crippen LogP contribution in [0, 0.1) is 0 Å². The van der Waals surface area contributed by atoms with Gasteiger partial charge >= 0.3 is 11.8 Å². The molecule has 0 saturated heterocycles. The molecule has 0 N–H and O–H groups in total. The van der Waals surface area contributed by atoms with Crippen molar-refractivity contribution < 1.29 is 13.2 Å². The minimum Gasteiger partial charge on any atom is -0.166 e. The van der Waals surface area contributed by atoms with Gasteiger partial charge in [-0.05, 0) is 11.1 Å². The Labute approximate surface area is 107 Å². The van der Waals surface area contributed by atoms with Gasteiger partial charge in [0.2, 0.25) is 0 Å². The third-order valence-corrected chi connectivity index (χ3v) is 3.09. The number of benzene rings is 2. The zero-order valence-corrected chi connectivity index (χ0v) is 9.72. The molecule has 2 nitrogen and oxygen atoms in total. The summed E-state index contributed by atoms with van der Waals surface area (Å²) in [7, 11) is 0. The maximum Gasteiger partial charge on any atom is 0.442 e. The average molecular weight is 262 g/mol. The molecule has 1 aliphatic heterocycles. The predicted octanol–water partition coefficient (Wildman–Crippen LogP) is 4.53. The normalized spacial score (nSPS) is 16.4. The average Bonchev–Trinajstić information content (AvgIpc) is 3.21. The van der Waals surface area contributed by atoms with Gasteiger partial charge in [0.05, 0.1) is 0 Å². The molecule has 0 aliphatic carbocycles. The molecule has 19 heavy (non-hydrogen) atoms. The van der Waals surface area contributed by atoms with Crippen LogP contribution in [-0.4, -0.2) is 6.18 Å². The Morgan fingerprint density at radius 2 is 1.26 bits per heavy atom. The van der Waals surface area contributed by atoms with Gasteiger partial charge in [0.25, 0.3) is 0 Å². The Hall–Kier alpha value is -2.17. The van der Waals surface area contributed by atoms with Crippen molar-refractivity contribution in [2.45, 2.75) is 11.8 Å².